The van der Waals surface area contributed by atoms with E-state index in [1.807, 2.05) is 0 Å². The van der Waals surface area contributed by atoms with Crippen LogP contribution in [0.2, 0.25) is 0 Å². The number of unbranched alkanes of at least 4 members (excludes halogenated alkanes) is 14. The molecule has 188 valence electrons. The lowest BCUT2D eigenvalue weighted by atomic mass is 10.0. The summed E-state index contributed by atoms with van der Waals surface area (Å²) < 4.78 is 8.88. The molecule has 9 heteroatoms. The molecule has 0 fully saturated rings. The Labute approximate surface area is 189 Å². The molecule has 31 heavy (non-hydrogen) atoms. The predicted octanol–water partition coefficient (Wildman–Crippen LogP) is 4.02. The van der Waals surface area contributed by atoms with Crippen LogP contribution in [0, 0.1) is 0 Å². The second kappa shape index (κ2) is 25.8. The van der Waals surface area contributed by atoms with E-state index in [-0.39, 0.29) is 12.5 Å². The highest BCUT2D eigenvalue weighted by Gasteiger charge is 2.01. The minimum absolute atomic E-state index is 0.146. The first-order chi connectivity index (χ1) is 14.8. The van der Waals surface area contributed by atoms with E-state index < -0.39 is 7.82 Å². The largest absolute Gasteiger partial charge is 0.466 e. The minimum atomic E-state index is -4.64. The number of amides is 1. The average Bonchev–Trinajstić information content (AvgIpc) is 2.69. The topological polar surface area (TPSA) is 139 Å². The molecule has 0 heterocycles. The fourth-order valence-corrected chi connectivity index (χ4v) is 3.24. The molecule has 0 bridgehead atoms. The molecule has 0 saturated carbocycles. The average molecular weight is 469 g/mol. The quantitative estimate of drug-likeness (QED) is 0.110. The van der Waals surface area contributed by atoms with Crippen LogP contribution in [0.15, 0.2) is 0 Å². The lowest BCUT2D eigenvalue weighted by Gasteiger charge is -2.06. The first kappa shape index (κ1) is 32.7. The standard InChI is InChI=1S/C22H46N2O2.H3O4P/c1-2-3-4-5-6-7-8-9-10-11-12-13-14-15-16-17-22(26)24-19-18-23-20-21-25;1-5(2,3)4/h23,25H,2-21H2,1H3,(H,24,26);(H3,1,2,3,4). The molecule has 0 unspecified atom stereocenters. The van der Waals surface area contributed by atoms with Crippen LogP contribution in [0.25, 0.3) is 0 Å². The molecule has 0 rings (SSSR count). The first-order valence-corrected chi connectivity index (χ1v) is 13.7. The van der Waals surface area contributed by atoms with E-state index in [9.17, 15) is 4.79 Å². The number of carbonyl (C=O) groups excluding carboxylic acids is 1. The molecular formula is C22H49N2O6P. The molecule has 0 aromatic heterocycles. The van der Waals surface area contributed by atoms with E-state index >= 15 is 0 Å². The Morgan fingerprint density at radius 1 is 0.677 bits per heavy atom. The zero-order valence-corrected chi connectivity index (χ0v) is 20.6. The maximum Gasteiger partial charge on any atom is 0.466 e. The van der Waals surface area contributed by atoms with E-state index in [2.05, 4.69) is 17.6 Å². The highest BCUT2D eigenvalue weighted by Crippen LogP contribution is 2.25. The second-order valence-electron chi connectivity index (χ2n) is 8.04. The Kier molecular flexibility index (Phi) is 27.2. The van der Waals surface area contributed by atoms with E-state index in [0.717, 1.165) is 13.0 Å². The van der Waals surface area contributed by atoms with Crippen LogP contribution in [0.1, 0.15) is 110 Å². The third-order valence-electron chi connectivity index (χ3n) is 4.92. The summed E-state index contributed by atoms with van der Waals surface area (Å²) in [7, 11) is -4.64. The van der Waals surface area contributed by atoms with Gasteiger partial charge in [-0.2, -0.15) is 0 Å². The Bertz CT molecular complexity index is 413. The fraction of sp³-hybridized carbons (Fsp3) is 0.955. The number of aliphatic hydroxyl groups excluding tert-OH is 1. The lowest BCUT2D eigenvalue weighted by molar-refractivity contribution is -0.121. The second-order valence-corrected chi connectivity index (χ2v) is 9.06. The molecule has 0 aromatic rings. The summed E-state index contributed by atoms with van der Waals surface area (Å²) in [4.78, 5) is 33.2. The number of phosphoric acid groups is 1. The summed E-state index contributed by atoms with van der Waals surface area (Å²) in [6.45, 7) is 4.39. The van der Waals surface area contributed by atoms with Gasteiger partial charge in [-0.3, -0.25) is 4.79 Å². The van der Waals surface area contributed by atoms with Gasteiger partial charge < -0.3 is 30.4 Å². The summed E-state index contributed by atoms with van der Waals surface area (Å²) in [6, 6.07) is 0. The summed E-state index contributed by atoms with van der Waals surface area (Å²) >= 11 is 0. The molecular weight excluding hydrogens is 419 g/mol. The van der Waals surface area contributed by atoms with Gasteiger partial charge in [0.15, 0.2) is 0 Å². The zero-order valence-electron chi connectivity index (χ0n) is 19.7. The zero-order chi connectivity index (χ0) is 23.6. The first-order valence-electron chi connectivity index (χ1n) is 12.2. The van der Waals surface area contributed by atoms with Crippen molar-refractivity contribution < 1.29 is 29.1 Å². The van der Waals surface area contributed by atoms with Crippen molar-refractivity contribution in [3.05, 3.63) is 0 Å². The highest BCUT2D eigenvalue weighted by molar-refractivity contribution is 7.45. The van der Waals surface area contributed by atoms with Crippen molar-refractivity contribution in [1.82, 2.24) is 10.6 Å². The molecule has 8 nitrogen and oxygen atoms in total. The van der Waals surface area contributed by atoms with Crippen LogP contribution in [-0.2, 0) is 9.36 Å². The van der Waals surface area contributed by atoms with Gasteiger partial charge in [0.1, 0.15) is 0 Å². The number of hydrogen-bond acceptors (Lipinski definition) is 4. The maximum absolute atomic E-state index is 11.6. The molecule has 0 radical (unpaired) electrons. The van der Waals surface area contributed by atoms with Gasteiger partial charge in [0.25, 0.3) is 0 Å². The number of rotatable bonds is 21. The van der Waals surface area contributed by atoms with Crippen molar-refractivity contribution in [1.29, 1.82) is 0 Å². The van der Waals surface area contributed by atoms with Gasteiger partial charge in [-0.25, -0.2) is 4.57 Å². The number of hydrogen-bond donors (Lipinski definition) is 6. The van der Waals surface area contributed by atoms with Crippen LogP contribution in [0.3, 0.4) is 0 Å². The lowest BCUT2D eigenvalue weighted by Crippen LogP contribution is -2.32. The van der Waals surface area contributed by atoms with E-state index in [1.54, 1.807) is 0 Å². The molecule has 0 atom stereocenters. The Hall–Kier alpha value is -0.500. The van der Waals surface area contributed by atoms with Gasteiger partial charge in [0.05, 0.1) is 6.61 Å². The number of carbonyl (C=O) groups is 1. The van der Waals surface area contributed by atoms with Gasteiger partial charge in [-0.1, -0.05) is 96.8 Å². The Balaban J connectivity index is 0. The minimum Gasteiger partial charge on any atom is -0.395 e. The van der Waals surface area contributed by atoms with Gasteiger partial charge in [-0.05, 0) is 6.42 Å². The van der Waals surface area contributed by atoms with Gasteiger partial charge >= 0.3 is 7.82 Å². The predicted molar refractivity (Wildman–Crippen MR) is 127 cm³/mol. The molecule has 0 aliphatic heterocycles. The SMILES string of the molecule is CCCCCCCCCCCCCCCCCC(=O)NCCNCCO.O=P(O)(O)O. The molecule has 0 spiro atoms. The molecule has 0 aliphatic rings. The monoisotopic (exact) mass is 468 g/mol. The van der Waals surface area contributed by atoms with E-state index in [0.29, 0.717) is 19.5 Å². The van der Waals surface area contributed by atoms with Crippen LogP contribution >= 0.6 is 7.82 Å². The summed E-state index contributed by atoms with van der Waals surface area (Å²) in [5.41, 5.74) is 0. The third kappa shape index (κ3) is 40.4. The van der Waals surface area contributed by atoms with E-state index in [1.165, 1.54) is 89.9 Å². The van der Waals surface area contributed by atoms with Crippen molar-refractivity contribution in [3.8, 4) is 0 Å². The summed E-state index contributed by atoms with van der Waals surface area (Å²) in [6.07, 6.45) is 20.9. The van der Waals surface area contributed by atoms with Gasteiger partial charge in [-0.15, -0.1) is 0 Å². The Morgan fingerprint density at radius 3 is 1.45 bits per heavy atom. The van der Waals surface area contributed by atoms with Crippen LogP contribution in [0.5, 0.6) is 0 Å². The van der Waals surface area contributed by atoms with Crippen molar-refractivity contribution >= 4 is 13.7 Å². The number of aliphatic hydroxyl groups is 1. The summed E-state index contributed by atoms with van der Waals surface area (Å²) in [5.74, 6) is 0.158. The molecule has 6 N–H and O–H groups in total. The molecule has 0 aromatic carbocycles. The fourth-order valence-electron chi connectivity index (χ4n) is 3.24. The third-order valence-corrected chi connectivity index (χ3v) is 4.92. The molecule has 1 amide bonds. The van der Waals surface area contributed by atoms with Crippen molar-refractivity contribution in [2.75, 3.05) is 26.2 Å². The van der Waals surface area contributed by atoms with Gasteiger partial charge in [0, 0.05) is 26.1 Å². The van der Waals surface area contributed by atoms with Crippen LogP contribution in [-0.4, -0.2) is 51.9 Å². The van der Waals surface area contributed by atoms with Crippen molar-refractivity contribution in [2.24, 2.45) is 0 Å². The van der Waals surface area contributed by atoms with Gasteiger partial charge in [0.2, 0.25) is 5.91 Å². The van der Waals surface area contributed by atoms with E-state index in [4.69, 9.17) is 24.4 Å². The highest BCUT2D eigenvalue weighted by atomic mass is 31.2. The smallest absolute Gasteiger partial charge is 0.395 e. The van der Waals surface area contributed by atoms with Crippen molar-refractivity contribution in [3.63, 3.8) is 0 Å². The van der Waals surface area contributed by atoms with Crippen molar-refractivity contribution in [2.45, 2.75) is 110 Å². The normalized spacial score (nSPS) is 11.1. The molecule has 0 saturated heterocycles. The van der Waals surface area contributed by atoms with Crippen LogP contribution < -0.4 is 10.6 Å². The Morgan fingerprint density at radius 2 is 1.06 bits per heavy atom. The molecule has 0 aliphatic carbocycles. The maximum atomic E-state index is 11.6. The number of nitrogens with one attached hydrogen (secondary N) is 2. The van der Waals surface area contributed by atoms with Crippen LogP contribution in [0.4, 0.5) is 0 Å². The summed E-state index contributed by atoms with van der Waals surface area (Å²) in [5, 5.41) is 14.6.